The summed E-state index contributed by atoms with van der Waals surface area (Å²) in [7, 11) is 0. The third kappa shape index (κ3) is 2.44. The molecule has 2 nitrogen and oxygen atoms in total. The summed E-state index contributed by atoms with van der Waals surface area (Å²) in [4.78, 5) is 1.38. The number of benzene rings is 1. The minimum absolute atomic E-state index is 0.0691. The van der Waals surface area contributed by atoms with Crippen molar-refractivity contribution in [1.29, 1.82) is 0 Å². The van der Waals surface area contributed by atoms with E-state index in [9.17, 15) is 5.11 Å². The van der Waals surface area contributed by atoms with E-state index in [0.717, 1.165) is 24.9 Å². The number of aliphatic hydroxyl groups is 1. The van der Waals surface area contributed by atoms with Crippen molar-refractivity contribution in [3.8, 4) is 0 Å². The van der Waals surface area contributed by atoms with Gasteiger partial charge in [0.15, 0.2) is 0 Å². The monoisotopic (exact) mass is 265 g/mol. The van der Waals surface area contributed by atoms with Crippen molar-refractivity contribution in [2.75, 3.05) is 12.3 Å². The van der Waals surface area contributed by atoms with E-state index in [0.29, 0.717) is 0 Å². The highest BCUT2D eigenvalue weighted by molar-refractivity contribution is 7.99. The van der Waals surface area contributed by atoms with Crippen LogP contribution in [0.3, 0.4) is 0 Å². The van der Waals surface area contributed by atoms with Crippen LogP contribution in [0.15, 0.2) is 23.1 Å². The zero-order chi connectivity index (χ0) is 13.2. The maximum atomic E-state index is 11.0. The second-order valence-electron chi connectivity index (χ2n) is 4.98. The molecule has 0 aromatic heterocycles. The molecule has 0 spiro atoms. The van der Waals surface area contributed by atoms with Crippen LogP contribution in [0.1, 0.15) is 38.3 Å². The molecule has 1 heterocycles. The first-order valence-corrected chi connectivity index (χ1v) is 7.82. The highest BCUT2D eigenvalue weighted by Gasteiger charge is 2.34. The molecule has 2 N–H and O–H groups in total. The molecule has 0 saturated heterocycles. The van der Waals surface area contributed by atoms with Gasteiger partial charge in [-0.05, 0) is 43.5 Å². The third-order valence-corrected chi connectivity index (χ3v) is 5.07. The average Bonchev–Trinajstić information content (AvgIpc) is 2.85. The number of fused-ring (bicyclic) bond motifs is 1. The molecule has 2 atom stereocenters. The fraction of sp³-hybridized carbons (Fsp3) is 0.600. The van der Waals surface area contributed by atoms with E-state index in [-0.39, 0.29) is 6.04 Å². The van der Waals surface area contributed by atoms with Crippen LogP contribution in [0.2, 0.25) is 0 Å². The molecule has 3 heteroatoms. The highest BCUT2D eigenvalue weighted by atomic mass is 32.2. The van der Waals surface area contributed by atoms with Crippen molar-refractivity contribution in [3.63, 3.8) is 0 Å². The van der Waals surface area contributed by atoms with Crippen molar-refractivity contribution in [1.82, 2.24) is 5.32 Å². The van der Waals surface area contributed by atoms with Crippen LogP contribution in [0.5, 0.6) is 0 Å². The van der Waals surface area contributed by atoms with Gasteiger partial charge in [-0.15, -0.1) is 11.8 Å². The Morgan fingerprint density at radius 2 is 2.22 bits per heavy atom. The Morgan fingerprint density at radius 1 is 1.44 bits per heavy atom. The first kappa shape index (κ1) is 13.9. The van der Waals surface area contributed by atoms with Crippen LogP contribution >= 0.6 is 11.8 Å². The maximum absolute atomic E-state index is 11.0. The van der Waals surface area contributed by atoms with E-state index in [4.69, 9.17) is 0 Å². The Kier molecular flexibility index (Phi) is 4.36. The summed E-state index contributed by atoms with van der Waals surface area (Å²) < 4.78 is 0. The van der Waals surface area contributed by atoms with Crippen molar-refractivity contribution < 1.29 is 5.11 Å². The Labute approximate surface area is 114 Å². The number of likely N-dealkylation sites (N-methyl/N-ethyl adjacent to an activating group) is 1. The number of aryl methyl sites for hydroxylation is 1. The van der Waals surface area contributed by atoms with Crippen molar-refractivity contribution in [3.05, 3.63) is 29.3 Å². The second kappa shape index (κ2) is 5.64. The Morgan fingerprint density at radius 3 is 2.89 bits per heavy atom. The fourth-order valence-electron chi connectivity index (χ4n) is 2.69. The minimum atomic E-state index is -0.766. The summed E-state index contributed by atoms with van der Waals surface area (Å²) in [6, 6.07) is 6.53. The van der Waals surface area contributed by atoms with E-state index in [1.54, 1.807) is 0 Å². The normalized spacial score (nSPS) is 19.3. The van der Waals surface area contributed by atoms with Crippen LogP contribution in [0, 0.1) is 0 Å². The van der Waals surface area contributed by atoms with Gasteiger partial charge in [-0.2, -0.15) is 0 Å². The molecule has 1 aromatic rings. The first-order chi connectivity index (χ1) is 8.61. The second-order valence-corrected chi connectivity index (χ2v) is 6.11. The average molecular weight is 265 g/mol. The summed E-state index contributed by atoms with van der Waals surface area (Å²) in [5.41, 5.74) is 1.69. The van der Waals surface area contributed by atoms with Crippen molar-refractivity contribution >= 4 is 11.8 Å². The van der Waals surface area contributed by atoms with Crippen LogP contribution in [0.25, 0.3) is 0 Å². The van der Waals surface area contributed by atoms with Crippen LogP contribution in [0.4, 0.5) is 0 Å². The Bertz CT molecular complexity index is 421. The Balaban J connectivity index is 2.32. The molecule has 2 rings (SSSR count). The summed E-state index contributed by atoms with van der Waals surface area (Å²) >= 11 is 1.92. The molecular formula is C15H23NOS. The largest absolute Gasteiger partial charge is 0.384 e. The number of rotatable bonds is 5. The van der Waals surface area contributed by atoms with Gasteiger partial charge < -0.3 is 10.4 Å². The van der Waals surface area contributed by atoms with E-state index < -0.39 is 5.60 Å². The predicted molar refractivity (Wildman–Crippen MR) is 78.2 cm³/mol. The Hall–Kier alpha value is -0.510. The zero-order valence-corrected chi connectivity index (χ0v) is 12.3. The summed E-state index contributed by atoms with van der Waals surface area (Å²) in [5.74, 6) is 1.17. The van der Waals surface area contributed by atoms with E-state index >= 15 is 0 Å². The molecule has 18 heavy (non-hydrogen) atoms. The lowest BCUT2D eigenvalue weighted by Crippen LogP contribution is -2.46. The van der Waals surface area contributed by atoms with Crippen molar-refractivity contribution in [2.45, 2.75) is 50.2 Å². The third-order valence-electron chi connectivity index (χ3n) is 3.96. The maximum Gasteiger partial charge on any atom is 0.104 e. The van der Waals surface area contributed by atoms with Gasteiger partial charge in [-0.25, -0.2) is 0 Å². The van der Waals surface area contributed by atoms with Gasteiger partial charge in [0, 0.05) is 16.7 Å². The number of nitrogens with one attached hydrogen (secondary N) is 1. The minimum Gasteiger partial charge on any atom is -0.384 e. The molecule has 1 aliphatic rings. The predicted octanol–water partition coefficient (Wildman–Crippen LogP) is 2.93. The summed E-state index contributed by atoms with van der Waals surface area (Å²) in [6.07, 6.45) is 1.86. The standard InChI is InChI=1S/C15H23NOS/c1-4-15(17,11(3)16-5-2)13-6-7-14-12(10-13)8-9-18-14/h6-7,10-11,16-17H,4-5,8-9H2,1-3H3. The van der Waals surface area contributed by atoms with Crippen LogP contribution < -0.4 is 5.32 Å². The van der Waals surface area contributed by atoms with Gasteiger partial charge in [0.1, 0.15) is 5.60 Å². The molecule has 100 valence electrons. The summed E-state index contributed by atoms with van der Waals surface area (Å²) in [6.45, 7) is 7.07. The van der Waals surface area contributed by atoms with Crippen LogP contribution in [-0.2, 0) is 12.0 Å². The fourth-order valence-corrected chi connectivity index (χ4v) is 3.74. The molecule has 1 aromatic carbocycles. The topological polar surface area (TPSA) is 32.3 Å². The van der Waals surface area contributed by atoms with E-state index in [2.05, 4.69) is 44.3 Å². The molecule has 0 aliphatic carbocycles. The van der Waals surface area contributed by atoms with Crippen molar-refractivity contribution in [2.24, 2.45) is 0 Å². The summed E-state index contributed by atoms with van der Waals surface area (Å²) in [5, 5.41) is 14.3. The number of thioether (sulfide) groups is 1. The lowest BCUT2D eigenvalue weighted by Gasteiger charge is -2.34. The molecule has 0 fully saturated rings. The molecule has 1 aliphatic heterocycles. The van der Waals surface area contributed by atoms with Crippen LogP contribution in [-0.4, -0.2) is 23.4 Å². The zero-order valence-electron chi connectivity index (χ0n) is 11.5. The lowest BCUT2D eigenvalue weighted by atomic mass is 9.84. The number of hydrogen-bond donors (Lipinski definition) is 2. The number of hydrogen-bond acceptors (Lipinski definition) is 3. The van der Waals surface area contributed by atoms with Gasteiger partial charge >= 0.3 is 0 Å². The van der Waals surface area contributed by atoms with E-state index in [1.807, 2.05) is 11.8 Å². The molecule has 0 radical (unpaired) electrons. The highest BCUT2D eigenvalue weighted by Crippen LogP contribution is 2.36. The van der Waals surface area contributed by atoms with E-state index in [1.165, 1.54) is 16.2 Å². The lowest BCUT2D eigenvalue weighted by molar-refractivity contribution is -0.000892. The van der Waals surface area contributed by atoms with Gasteiger partial charge in [0.25, 0.3) is 0 Å². The molecule has 0 saturated carbocycles. The quantitative estimate of drug-likeness (QED) is 0.858. The molecule has 0 bridgehead atoms. The molecule has 2 unspecified atom stereocenters. The first-order valence-electron chi connectivity index (χ1n) is 6.83. The SMILES string of the molecule is CCNC(C)C(O)(CC)c1ccc2c(c1)CCS2. The van der Waals surface area contributed by atoms with Gasteiger partial charge in [0.2, 0.25) is 0 Å². The smallest absolute Gasteiger partial charge is 0.104 e. The molecule has 0 amide bonds. The van der Waals surface area contributed by atoms with Gasteiger partial charge in [0.05, 0.1) is 0 Å². The van der Waals surface area contributed by atoms with Gasteiger partial charge in [-0.1, -0.05) is 26.0 Å². The van der Waals surface area contributed by atoms with Gasteiger partial charge in [-0.3, -0.25) is 0 Å². The molecular weight excluding hydrogens is 242 g/mol.